The van der Waals surface area contributed by atoms with Crippen LogP contribution in [0.15, 0.2) is 23.1 Å². The molecule has 0 aliphatic carbocycles. The number of halogens is 2. The maximum absolute atomic E-state index is 12.9. The van der Waals surface area contributed by atoms with Gasteiger partial charge in [0.05, 0.1) is 5.60 Å². The van der Waals surface area contributed by atoms with E-state index in [2.05, 4.69) is 0 Å². The van der Waals surface area contributed by atoms with Gasteiger partial charge in [-0.1, -0.05) is 6.92 Å². The molecule has 0 spiro atoms. The van der Waals surface area contributed by atoms with Crippen LogP contribution < -0.4 is 5.73 Å². The van der Waals surface area contributed by atoms with Crippen molar-refractivity contribution >= 4 is 11.8 Å². The average molecular weight is 275 g/mol. The molecule has 0 amide bonds. The molecule has 0 radical (unpaired) electrons. The van der Waals surface area contributed by atoms with Gasteiger partial charge in [0.15, 0.2) is 11.6 Å². The van der Waals surface area contributed by atoms with Gasteiger partial charge in [-0.05, 0) is 43.2 Å². The van der Waals surface area contributed by atoms with Crippen molar-refractivity contribution < 1.29 is 13.9 Å². The van der Waals surface area contributed by atoms with E-state index in [0.717, 1.165) is 18.2 Å². The van der Waals surface area contributed by atoms with Crippen LogP contribution in [0, 0.1) is 11.6 Å². The Morgan fingerprint density at radius 3 is 2.61 bits per heavy atom. The van der Waals surface area contributed by atoms with E-state index in [4.69, 9.17) is 5.73 Å². The van der Waals surface area contributed by atoms with Crippen LogP contribution in [0.5, 0.6) is 0 Å². The highest BCUT2D eigenvalue weighted by molar-refractivity contribution is 7.99. The summed E-state index contributed by atoms with van der Waals surface area (Å²) in [7, 11) is 0. The van der Waals surface area contributed by atoms with Crippen molar-refractivity contribution in [2.75, 3.05) is 12.3 Å². The van der Waals surface area contributed by atoms with Gasteiger partial charge in [-0.3, -0.25) is 0 Å². The first-order valence-electron chi connectivity index (χ1n) is 6.01. The first-order valence-corrected chi connectivity index (χ1v) is 6.99. The Labute approximate surface area is 111 Å². The lowest BCUT2D eigenvalue weighted by Crippen LogP contribution is -2.36. The molecule has 0 bridgehead atoms. The smallest absolute Gasteiger partial charge is 0.159 e. The Morgan fingerprint density at radius 1 is 1.33 bits per heavy atom. The molecule has 0 aromatic heterocycles. The van der Waals surface area contributed by atoms with Gasteiger partial charge in [0.1, 0.15) is 0 Å². The van der Waals surface area contributed by atoms with Crippen molar-refractivity contribution in [3.63, 3.8) is 0 Å². The molecule has 1 rings (SSSR count). The number of hydrogen-bond acceptors (Lipinski definition) is 3. The monoisotopic (exact) mass is 275 g/mol. The molecular weight excluding hydrogens is 256 g/mol. The second kappa shape index (κ2) is 7.07. The van der Waals surface area contributed by atoms with Crippen molar-refractivity contribution in [2.45, 2.75) is 36.7 Å². The van der Waals surface area contributed by atoms with E-state index in [1.165, 1.54) is 17.8 Å². The van der Waals surface area contributed by atoms with Crippen molar-refractivity contribution in [1.82, 2.24) is 0 Å². The van der Waals surface area contributed by atoms with Crippen LogP contribution in [0.1, 0.15) is 26.2 Å². The molecule has 3 N–H and O–H groups in total. The topological polar surface area (TPSA) is 46.2 Å². The Bertz CT molecular complexity index is 383. The van der Waals surface area contributed by atoms with Gasteiger partial charge >= 0.3 is 0 Å². The predicted molar refractivity (Wildman–Crippen MR) is 70.6 cm³/mol. The van der Waals surface area contributed by atoms with E-state index in [9.17, 15) is 13.9 Å². The minimum Gasteiger partial charge on any atom is -0.389 e. The van der Waals surface area contributed by atoms with Crippen LogP contribution >= 0.6 is 11.8 Å². The third-order valence-electron chi connectivity index (χ3n) is 2.98. The summed E-state index contributed by atoms with van der Waals surface area (Å²) in [6, 6.07) is 3.87. The van der Waals surface area contributed by atoms with Gasteiger partial charge in [0.2, 0.25) is 0 Å². The van der Waals surface area contributed by atoms with E-state index in [1.807, 2.05) is 6.92 Å². The minimum atomic E-state index is -0.831. The molecular formula is C13H19F2NOS. The maximum Gasteiger partial charge on any atom is 0.159 e. The van der Waals surface area contributed by atoms with Crippen LogP contribution in [0.2, 0.25) is 0 Å². The fraction of sp³-hybridized carbons (Fsp3) is 0.538. The minimum absolute atomic E-state index is 0.249. The van der Waals surface area contributed by atoms with Crippen molar-refractivity contribution in [2.24, 2.45) is 5.73 Å². The molecule has 0 fully saturated rings. The zero-order chi connectivity index (χ0) is 13.6. The summed E-state index contributed by atoms with van der Waals surface area (Å²) in [5.41, 5.74) is 4.70. The lowest BCUT2D eigenvalue weighted by molar-refractivity contribution is 0.0360. The molecule has 1 aromatic carbocycles. The van der Waals surface area contributed by atoms with Gasteiger partial charge in [0.25, 0.3) is 0 Å². The number of benzene rings is 1. The number of thioether (sulfide) groups is 1. The third kappa shape index (κ3) is 4.55. The van der Waals surface area contributed by atoms with Crippen LogP contribution in [-0.4, -0.2) is 23.0 Å². The highest BCUT2D eigenvalue weighted by Crippen LogP contribution is 2.23. The Hall–Kier alpha value is -0.650. The molecule has 1 unspecified atom stereocenters. The van der Waals surface area contributed by atoms with E-state index < -0.39 is 17.2 Å². The summed E-state index contributed by atoms with van der Waals surface area (Å²) in [5, 5.41) is 9.96. The van der Waals surface area contributed by atoms with E-state index in [0.29, 0.717) is 17.7 Å². The highest BCUT2D eigenvalue weighted by Gasteiger charge is 2.21. The summed E-state index contributed by atoms with van der Waals surface area (Å²) >= 11 is 1.45. The second-order valence-electron chi connectivity index (χ2n) is 4.31. The number of hydrogen-bond donors (Lipinski definition) is 2. The summed E-state index contributed by atoms with van der Waals surface area (Å²) < 4.78 is 25.6. The van der Waals surface area contributed by atoms with Gasteiger partial charge in [-0.15, -0.1) is 11.8 Å². The molecule has 0 aliphatic heterocycles. The average Bonchev–Trinajstić information content (AvgIpc) is 2.38. The largest absolute Gasteiger partial charge is 0.389 e. The van der Waals surface area contributed by atoms with E-state index in [1.54, 1.807) is 6.07 Å². The van der Waals surface area contributed by atoms with Crippen LogP contribution in [0.4, 0.5) is 8.78 Å². The summed E-state index contributed by atoms with van der Waals surface area (Å²) in [6.45, 7) is 2.15. The molecule has 5 heteroatoms. The predicted octanol–water partition coefficient (Wildman–Crippen LogP) is 2.94. The SMILES string of the molecule is CCC(O)(CN)CCCSc1ccc(F)c(F)c1. The molecule has 0 heterocycles. The van der Waals surface area contributed by atoms with Gasteiger partial charge in [0, 0.05) is 11.4 Å². The van der Waals surface area contributed by atoms with E-state index in [-0.39, 0.29) is 6.54 Å². The lowest BCUT2D eigenvalue weighted by atomic mass is 9.95. The van der Waals surface area contributed by atoms with Crippen molar-refractivity contribution in [3.8, 4) is 0 Å². The van der Waals surface area contributed by atoms with Crippen LogP contribution in [0.25, 0.3) is 0 Å². The zero-order valence-electron chi connectivity index (χ0n) is 10.5. The quantitative estimate of drug-likeness (QED) is 0.594. The Balaban J connectivity index is 2.36. The molecule has 1 atom stereocenters. The number of nitrogens with two attached hydrogens (primary N) is 1. The molecule has 102 valence electrons. The van der Waals surface area contributed by atoms with E-state index >= 15 is 0 Å². The summed E-state index contributed by atoms with van der Waals surface area (Å²) in [4.78, 5) is 0.696. The maximum atomic E-state index is 12.9. The highest BCUT2D eigenvalue weighted by atomic mass is 32.2. The fourth-order valence-electron chi connectivity index (χ4n) is 1.58. The summed E-state index contributed by atoms with van der Waals surface area (Å²) in [6.07, 6.45) is 2.03. The summed E-state index contributed by atoms with van der Waals surface area (Å²) in [5.74, 6) is -0.914. The van der Waals surface area contributed by atoms with Crippen molar-refractivity contribution in [3.05, 3.63) is 29.8 Å². The number of rotatable bonds is 7. The van der Waals surface area contributed by atoms with Crippen LogP contribution in [-0.2, 0) is 0 Å². The molecule has 0 aliphatic rings. The lowest BCUT2D eigenvalue weighted by Gasteiger charge is -2.24. The second-order valence-corrected chi connectivity index (χ2v) is 5.48. The molecule has 18 heavy (non-hydrogen) atoms. The van der Waals surface area contributed by atoms with Gasteiger partial charge in [-0.2, -0.15) is 0 Å². The van der Waals surface area contributed by atoms with Gasteiger partial charge in [-0.25, -0.2) is 8.78 Å². The first-order chi connectivity index (χ1) is 8.50. The van der Waals surface area contributed by atoms with Crippen molar-refractivity contribution in [1.29, 1.82) is 0 Å². The molecule has 0 saturated carbocycles. The number of aliphatic hydroxyl groups is 1. The Kier molecular flexibility index (Phi) is 6.05. The van der Waals surface area contributed by atoms with Crippen LogP contribution in [0.3, 0.4) is 0 Å². The molecule has 0 saturated heterocycles. The third-order valence-corrected chi connectivity index (χ3v) is 4.06. The standard InChI is InChI=1S/C13H19F2NOS/c1-2-13(17,9-16)6-3-7-18-10-4-5-11(14)12(15)8-10/h4-5,8,17H,2-3,6-7,9,16H2,1H3. The van der Waals surface area contributed by atoms with Gasteiger partial charge < -0.3 is 10.8 Å². The Morgan fingerprint density at radius 2 is 2.06 bits per heavy atom. The molecule has 2 nitrogen and oxygen atoms in total. The molecule has 1 aromatic rings. The normalized spacial score (nSPS) is 14.5. The zero-order valence-corrected chi connectivity index (χ0v) is 11.3. The first kappa shape index (κ1) is 15.4. The fourth-order valence-corrected chi connectivity index (χ4v) is 2.46.